The molecule has 0 saturated carbocycles. The molecule has 4 aromatic carbocycles. The summed E-state index contributed by atoms with van der Waals surface area (Å²) in [6, 6.07) is 29.0. The van der Waals surface area contributed by atoms with E-state index in [1.807, 2.05) is 73.7 Å². The molecule has 1 fully saturated rings. The zero-order chi connectivity index (χ0) is 30.4. The van der Waals surface area contributed by atoms with Crippen molar-refractivity contribution >= 4 is 34.4 Å². The van der Waals surface area contributed by atoms with E-state index < -0.39 is 12.1 Å². The summed E-state index contributed by atoms with van der Waals surface area (Å²) in [6.07, 6.45) is 1.11. The molecule has 8 heteroatoms. The topological polar surface area (TPSA) is 94.7 Å². The zero-order valence-electron chi connectivity index (χ0n) is 24.5. The average Bonchev–Trinajstić information content (AvgIpc) is 3.54. The van der Waals surface area contributed by atoms with Crippen LogP contribution in [0.2, 0.25) is 0 Å². The molecule has 2 aliphatic heterocycles. The Labute approximate surface area is 255 Å². The number of aromatic amines is 1. The van der Waals surface area contributed by atoms with Crippen molar-refractivity contribution in [2.45, 2.75) is 31.8 Å². The summed E-state index contributed by atoms with van der Waals surface area (Å²) in [4.78, 5) is 47.5. The molecular formula is C36H32N4O4. The number of nitrogens with one attached hydrogen (secondary N) is 2. The highest BCUT2D eigenvalue weighted by atomic mass is 16.5. The Kier molecular flexibility index (Phi) is 6.89. The number of urea groups is 1. The molecule has 5 aromatic rings. The lowest BCUT2D eigenvalue weighted by molar-refractivity contribution is -0.120. The summed E-state index contributed by atoms with van der Waals surface area (Å²) in [5, 5.41) is 4.02. The van der Waals surface area contributed by atoms with Crippen molar-refractivity contribution in [1.82, 2.24) is 15.2 Å². The molecule has 220 valence electrons. The number of rotatable bonds is 7. The van der Waals surface area contributed by atoms with E-state index >= 15 is 0 Å². The van der Waals surface area contributed by atoms with Crippen LogP contribution in [0.25, 0.3) is 10.9 Å². The first kappa shape index (κ1) is 27.5. The number of carbonyl (C=O) groups is 3. The van der Waals surface area contributed by atoms with Crippen LogP contribution >= 0.6 is 0 Å². The van der Waals surface area contributed by atoms with Crippen LogP contribution in [0.15, 0.2) is 97.1 Å². The van der Waals surface area contributed by atoms with Gasteiger partial charge in [0.25, 0.3) is 11.8 Å². The van der Waals surface area contributed by atoms with E-state index in [-0.39, 0.29) is 17.8 Å². The normalized spacial score (nSPS) is 17.5. The minimum Gasteiger partial charge on any atom is -0.497 e. The van der Waals surface area contributed by atoms with E-state index in [4.69, 9.17) is 4.74 Å². The molecular weight excluding hydrogens is 552 g/mol. The number of para-hydroxylation sites is 1. The SMILES string of the molecule is COc1ccc(CCNC(=O)c2ccc(N3C(=O)C4Cc5c([nH]c6ccccc56)C(c5ccccc5C)N4C3=O)cc2)cc1. The Morgan fingerprint density at radius 2 is 1.66 bits per heavy atom. The Morgan fingerprint density at radius 1 is 0.932 bits per heavy atom. The van der Waals surface area contributed by atoms with E-state index in [1.165, 1.54) is 4.90 Å². The first-order valence-electron chi connectivity index (χ1n) is 14.8. The minimum absolute atomic E-state index is 0.216. The fraction of sp³-hybridized carbons (Fsp3) is 0.194. The van der Waals surface area contributed by atoms with Crippen LogP contribution in [-0.4, -0.2) is 47.4 Å². The van der Waals surface area contributed by atoms with Gasteiger partial charge < -0.3 is 15.0 Å². The number of H-pyrrole nitrogens is 1. The predicted molar refractivity (Wildman–Crippen MR) is 169 cm³/mol. The summed E-state index contributed by atoms with van der Waals surface area (Å²) in [5.74, 6) is 0.310. The second kappa shape index (κ2) is 11.0. The average molecular weight is 585 g/mol. The first-order valence-corrected chi connectivity index (χ1v) is 14.8. The number of carbonyl (C=O) groups excluding carboxylic acids is 3. The van der Waals surface area contributed by atoms with Crippen LogP contribution < -0.4 is 15.0 Å². The molecule has 0 aliphatic carbocycles. The summed E-state index contributed by atoms with van der Waals surface area (Å²) < 4.78 is 5.19. The van der Waals surface area contributed by atoms with Gasteiger partial charge in [-0.15, -0.1) is 0 Å². The van der Waals surface area contributed by atoms with Crippen molar-refractivity contribution in [3.8, 4) is 5.75 Å². The van der Waals surface area contributed by atoms with E-state index in [0.29, 0.717) is 30.6 Å². The molecule has 0 bridgehead atoms. The molecule has 2 atom stereocenters. The fourth-order valence-corrected chi connectivity index (χ4v) is 6.51. The first-order chi connectivity index (χ1) is 21.4. The Morgan fingerprint density at radius 3 is 2.41 bits per heavy atom. The second-order valence-corrected chi connectivity index (χ2v) is 11.3. The number of hydrogen-bond acceptors (Lipinski definition) is 4. The van der Waals surface area contributed by atoms with E-state index in [0.717, 1.165) is 44.6 Å². The molecule has 4 amide bonds. The minimum atomic E-state index is -0.639. The number of anilines is 1. The number of benzene rings is 4. The van der Waals surface area contributed by atoms with E-state index in [9.17, 15) is 14.4 Å². The van der Waals surface area contributed by atoms with Crippen molar-refractivity contribution in [1.29, 1.82) is 0 Å². The van der Waals surface area contributed by atoms with Gasteiger partial charge in [-0.3, -0.25) is 14.5 Å². The number of hydrogen-bond donors (Lipinski definition) is 2. The fourth-order valence-electron chi connectivity index (χ4n) is 6.51. The van der Waals surface area contributed by atoms with Crippen molar-refractivity contribution in [2.24, 2.45) is 0 Å². The number of imide groups is 1. The molecule has 2 unspecified atom stereocenters. The van der Waals surface area contributed by atoms with Crippen molar-refractivity contribution in [2.75, 3.05) is 18.6 Å². The Balaban J connectivity index is 1.13. The van der Waals surface area contributed by atoms with Crippen LogP contribution in [0.5, 0.6) is 5.75 Å². The Hall–Kier alpha value is -5.37. The summed E-state index contributed by atoms with van der Waals surface area (Å²) in [6.45, 7) is 2.50. The van der Waals surface area contributed by atoms with Gasteiger partial charge in [0.05, 0.1) is 12.8 Å². The van der Waals surface area contributed by atoms with Crippen LogP contribution in [0.3, 0.4) is 0 Å². The molecule has 2 N–H and O–H groups in total. The number of aryl methyl sites for hydroxylation is 1. The van der Waals surface area contributed by atoms with Gasteiger partial charge in [-0.1, -0.05) is 54.6 Å². The Bertz CT molecular complexity index is 1890. The number of fused-ring (bicyclic) bond motifs is 4. The number of nitrogens with zero attached hydrogens (tertiary/aromatic N) is 2. The van der Waals surface area contributed by atoms with E-state index in [1.54, 1.807) is 36.3 Å². The largest absolute Gasteiger partial charge is 0.497 e. The van der Waals surface area contributed by atoms with Crippen LogP contribution in [-0.2, 0) is 17.6 Å². The van der Waals surface area contributed by atoms with E-state index in [2.05, 4.69) is 16.4 Å². The lowest BCUT2D eigenvalue weighted by Crippen LogP contribution is -2.44. The molecule has 8 nitrogen and oxygen atoms in total. The van der Waals surface area contributed by atoms with Gasteiger partial charge in [0.1, 0.15) is 17.8 Å². The third-order valence-corrected chi connectivity index (χ3v) is 8.78. The van der Waals surface area contributed by atoms with Gasteiger partial charge in [-0.05, 0) is 78.1 Å². The third-order valence-electron chi connectivity index (χ3n) is 8.78. The van der Waals surface area contributed by atoms with Crippen molar-refractivity contribution in [3.05, 3.63) is 131 Å². The van der Waals surface area contributed by atoms with Gasteiger partial charge in [0, 0.05) is 35.1 Å². The number of methoxy groups -OCH3 is 1. The monoisotopic (exact) mass is 584 g/mol. The van der Waals surface area contributed by atoms with Crippen LogP contribution in [0, 0.1) is 6.92 Å². The molecule has 3 heterocycles. The number of amides is 4. The van der Waals surface area contributed by atoms with Crippen LogP contribution in [0.4, 0.5) is 10.5 Å². The highest BCUT2D eigenvalue weighted by Crippen LogP contribution is 2.45. The van der Waals surface area contributed by atoms with Crippen molar-refractivity contribution < 1.29 is 19.1 Å². The summed E-state index contributed by atoms with van der Waals surface area (Å²) >= 11 is 0. The van der Waals surface area contributed by atoms with Crippen molar-refractivity contribution in [3.63, 3.8) is 0 Å². The van der Waals surface area contributed by atoms with Crippen LogP contribution in [0.1, 0.15) is 44.3 Å². The highest BCUT2D eigenvalue weighted by molar-refractivity contribution is 6.22. The zero-order valence-corrected chi connectivity index (χ0v) is 24.5. The third kappa shape index (κ3) is 4.59. The van der Waals surface area contributed by atoms with Gasteiger partial charge in [-0.25, -0.2) is 9.69 Å². The summed E-state index contributed by atoms with van der Waals surface area (Å²) in [5.41, 5.74) is 7.03. The maximum absolute atomic E-state index is 14.1. The second-order valence-electron chi connectivity index (χ2n) is 11.3. The molecule has 0 radical (unpaired) electrons. The molecule has 7 rings (SSSR count). The predicted octanol–water partition coefficient (Wildman–Crippen LogP) is 5.94. The number of aromatic nitrogens is 1. The highest BCUT2D eigenvalue weighted by Gasteiger charge is 2.53. The molecule has 44 heavy (non-hydrogen) atoms. The standard InChI is InChI=1S/C36H32N4O4/c1-22-7-3-4-8-27(22)33-32-29(28-9-5-6-10-30(28)38-32)21-31-35(42)39(36(43)40(31)33)25-15-13-24(14-16-25)34(41)37-20-19-23-11-17-26(44-2)18-12-23/h3-18,31,33,38H,19-21H2,1-2H3,(H,37,41). The summed E-state index contributed by atoms with van der Waals surface area (Å²) in [7, 11) is 1.63. The quantitative estimate of drug-likeness (QED) is 0.232. The molecule has 0 spiro atoms. The van der Waals surface area contributed by atoms with Gasteiger partial charge >= 0.3 is 6.03 Å². The van der Waals surface area contributed by atoms with Gasteiger partial charge in [0.15, 0.2) is 0 Å². The smallest absolute Gasteiger partial charge is 0.332 e. The van der Waals surface area contributed by atoms with Gasteiger partial charge in [-0.2, -0.15) is 0 Å². The maximum Gasteiger partial charge on any atom is 0.332 e. The number of ether oxygens (including phenoxy) is 1. The lowest BCUT2D eigenvalue weighted by atomic mass is 9.87. The maximum atomic E-state index is 14.1. The molecule has 1 saturated heterocycles. The molecule has 2 aliphatic rings. The molecule has 1 aromatic heterocycles. The van der Waals surface area contributed by atoms with Gasteiger partial charge in [0.2, 0.25) is 0 Å². The lowest BCUT2D eigenvalue weighted by Gasteiger charge is -2.36.